The minimum atomic E-state index is -4.23. The quantitative estimate of drug-likeness (QED) is 0.176. The van der Waals surface area contributed by atoms with E-state index in [1.54, 1.807) is 0 Å². The van der Waals surface area contributed by atoms with E-state index in [9.17, 15) is 25.9 Å². The van der Waals surface area contributed by atoms with E-state index in [2.05, 4.69) is 42.5 Å². The summed E-state index contributed by atoms with van der Waals surface area (Å²) in [6, 6.07) is 0. The van der Waals surface area contributed by atoms with Gasteiger partial charge in [0.25, 0.3) is 20.2 Å². The molecule has 18 unspecified atom stereocenters. The van der Waals surface area contributed by atoms with Gasteiger partial charge in [0.05, 0.1) is 59.8 Å². The summed E-state index contributed by atoms with van der Waals surface area (Å²) in [4.78, 5) is 0. The zero-order valence-electron chi connectivity index (χ0n) is 27.6. The van der Waals surface area contributed by atoms with Crippen LogP contribution in [0.5, 0.6) is 0 Å². The highest BCUT2D eigenvalue weighted by molar-refractivity contribution is 7.86. The molecule has 48 heavy (non-hydrogen) atoms. The van der Waals surface area contributed by atoms with Gasteiger partial charge >= 0.3 is 0 Å². The summed E-state index contributed by atoms with van der Waals surface area (Å²) in [6.07, 6.45) is 12.5. The van der Waals surface area contributed by atoms with E-state index in [4.69, 9.17) is 0 Å². The van der Waals surface area contributed by atoms with Crippen LogP contribution in [0.1, 0.15) is 89.9 Å². The Balaban J connectivity index is 1.08. The first-order valence-corrected chi connectivity index (χ1v) is 22.0. The summed E-state index contributed by atoms with van der Waals surface area (Å²) < 4.78 is 71.0. The van der Waals surface area contributed by atoms with E-state index in [0.717, 1.165) is 57.8 Å². The molecule has 14 nitrogen and oxygen atoms in total. The fourth-order valence-electron chi connectivity index (χ4n) is 12.6. The highest BCUT2D eigenvalue weighted by Crippen LogP contribution is 2.47. The minimum Gasteiger partial charge on any atom is -0.286 e. The Morgan fingerprint density at radius 1 is 0.375 bits per heavy atom. The highest BCUT2D eigenvalue weighted by atomic mass is 32.2. The zero-order valence-corrected chi connectivity index (χ0v) is 29.3. The van der Waals surface area contributed by atoms with E-state index in [1.165, 1.54) is 12.8 Å². The maximum atomic E-state index is 12.9. The van der Waals surface area contributed by atoms with Gasteiger partial charge in [0.15, 0.2) is 0 Å². The molecule has 10 N–H and O–H groups in total. The van der Waals surface area contributed by atoms with Gasteiger partial charge in [-0.2, -0.15) is 16.8 Å². The maximum absolute atomic E-state index is 12.9. The Labute approximate surface area is 285 Å². The number of rotatable bonds is 2. The Hall–Kier alpha value is -0.500. The predicted molar refractivity (Wildman–Crippen MR) is 179 cm³/mol. The predicted octanol–water partition coefficient (Wildman–Crippen LogP) is 0.338. The van der Waals surface area contributed by atoms with Crippen molar-refractivity contribution in [3.8, 4) is 0 Å². The number of nitrogens with one attached hydrogen (secondary N) is 8. The first kappa shape index (κ1) is 33.3. The third-order valence-corrected chi connectivity index (χ3v) is 17.3. The Bertz CT molecular complexity index is 1440. The average molecular weight is 713 g/mol. The second-order valence-electron chi connectivity index (χ2n) is 16.9. The fraction of sp³-hybridized carbons (Fsp3) is 1.00. The largest absolute Gasteiger partial charge is 0.286 e. The molecule has 0 amide bonds. The summed E-state index contributed by atoms with van der Waals surface area (Å²) in [6.45, 7) is 0. The third kappa shape index (κ3) is 5.81. The molecule has 0 aromatic heterocycles. The van der Waals surface area contributed by atoms with Crippen LogP contribution >= 0.6 is 0 Å². The van der Waals surface area contributed by atoms with Crippen molar-refractivity contribution >= 4 is 20.2 Å². The van der Waals surface area contributed by atoms with Gasteiger partial charge < -0.3 is 0 Å². The first-order chi connectivity index (χ1) is 23.0. The lowest BCUT2D eigenvalue weighted by Gasteiger charge is -2.38. The van der Waals surface area contributed by atoms with Gasteiger partial charge in [-0.3, -0.25) is 51.6 Å². The molecule has 0 aromatic rings. The van der Waals surface area contributed by atoms with Gasteiger partial charge in [-0.25, -0.2) is 0 Å². The molecule has 0 radical (unpaired) electrons. The molecule has 9 aliphatic rings. The van der Waals surface area contributed by atoms with Crippen LogP contribution in [0.25, 0.3) is 0 Å². The van der Waals surface area contributed by atoms with Crippen molar-refractivity contribution in [3.05, 3.63) is 0 Å². The molecule has 272 valence electrons. The minimum absolute atomic E-state index is 0.00437. The topological polar surface area (TPSA) is 205 Å². The molecule has 5 saturated heterocycles. The summed E-state index contributed by atoms with van der Waals surface area (Å²) in [5.41, 5.74) is 0. The molecule has 0 spiro atoms. The SMILES string of the molecule is O=S(=O)(O)C1CCC2C3NC(NC4NC(NC5NC(NC6NC(N3)C3CCCCC63)C3CCCC(S(=O)(=O)O)C53)C3CCCCC43)C2C1. The third-order valence-electron chi connectivity index (χ3n) is 14.7. The molecule has 0 aromatic carbocycles. The average Bonchev–Trinajstić information content (AvgIpc) is 3.79. The van der Waals surface area contributed by atoms with Crippen LogP contribution < -0.4 is 42.5 Å². The maximum Gasteiger partial charge on any atom is 0.268 e. The molecule has 18 atom stereocenters. The molecule has 5 aliphatic heterocycles. The van der Waals surface area contributed by atoms with E-state index < -0.39 is 30.7 Å². The fourth-order valence-corrected chi connectivity index (χ4v) is 14.7. The van der Waals surface area contributed by atoms with E-state index in [1.807, 2.05) is 0 Å². The summed E-state index contributed by atoms with van der Waals surface area (Å²) in [5.74, 6) is 1.70. The molecule has 9 rings (SSSR count). The number of hydrogen-bond acceptors (Lipinski definition) is 12. The van der Waals surface area contributed by atoms with Crippen molar-refractivity contribution in [1.82, 2.24) is 42.5 Å². The van der Waals surface area contributed by atoms with Gasteiger partial charge in [-0.15, -0.1) is 0 Å². The van der Waals surface area contributed by atoms with Crippen molar-refractivity contribution in [2.24, 2.45) is 47.3 Å². The molecular formula is C32H56N8O6S2. The molecule has 5 heterocycles. The lowest BCUT2D eigenvalue weighted by Crippen LogP contribution is -2.62. The van der Waals surface area contributed by atoms with E-state index in [0.29, 0.717) is 42.9 Å². The van der Waals surface area contributed by atoms with Crippen LogP contribution in [-0.2, 0) is 20.2 Å². The van der Waals surface area contributed by atoms with Crippen LogP contribution in [0, 0.1) is 47.3 Å². The van der Waals surface area contributed by atoms with Gasteiger partial charge in [-0.1, -0.05) is 32.1 Å². The Morgan fingerprint density at radius 2 is 0.750 bits per heavy atom. The first-order valence-electron chi connectivity index (χ1n) is 19.0. The number of hydrogen-bond donors (Lipinski definition) is 10. The lowest BCUT2D eigenvalue weighted by atomic mass is 9.76. The van der Waals surface area contributed by atoms with Gasteiger partial charge in [0, 0.05) is 5.92 Å². The van der Waals surface area contributed by atoms with Crippen LogP contribution in [0.4, 0.5) is 0 Å². The van der Waals surface area contributed by atoms with Crippen LogP contribution in [0.15, 0.2) is 0 Å². The van der Waals surface area contributed by atoms with E-state index in [-0.39, 0.29) is 73.0 Å². The summed E-state index contributed by atoms with van der Waals surface area (Å²) >= 11 is 0. The van der Waals surface area contributed by atoms with E-state index >= 15 is 0 Å². The van der Waals surface area contributed by atoms with Crippen molar-refractivity contribution in [1.29, 1.82) is 0 Å². The second kappa shape index (κ2) is 12.6. The van der Waals surface area contributed by atoms with Crippen molar-refractivity contribution in [3.63, 3.8) is 0 Å². The number of fused-ring (bicyclic) bond motifs is 20. The Kier molecular flexibility index (Phi) is 8.73. The standard InChI is InChI=1S/C32H56N8O6S2/c41-47(42,43)15-12-13-20-22(14-15)31-37-27-18-8-3-4-9-19(18)28(34-27)39-32-24-21(10-5-11-23(24)48(44,45)46)30(40-32)36-26-17-7-2-1-6-16(17)25(33-26)35-29(20)38-31/h15-40H,1-14H2,(H,41,42,43)(H,44,45,46). The summed E-state index contributed by atoms with van der Waals surface area (Å²) in [7, 11) is -8.36. The molecule has 4 saturated carbocycles. The van der Waals surface area contributed by atoms with Crippen molar-refractivity contribution in [2.45, 2.75) is 150 Å². The smallest absolute Gasteiger partial charge is 0.268 e. The van der Waals surface area contributed by atoms with Crippen molar-refractivity contribution < 1.29 is 25.9 Å². The Morgan fingerprint density at radius 3 is 1.19 bits per heavy atom. The second-order valence-corrected chi connectivity index (χ2v) is 20.2. The van der Waals surface area contributed by atoms with Gasteiger partial charge in [0.2, 0.25) is 0 Å². The molecule has 8 bridgehead atoms. The highest BCUT2D eigenvalue weighted by Gasteiger charge is 2.57. The summed E-state index contributed by atoms with van der Waals surface area (Å²) in [5, 5.41) is 29.9. The molecule has 9 fully saturated rings. The van der Waals surface area contributed by atoms with Gasteiger partial charge in [0.1, 0.15) is 0 Å². The lowest BCUT2D eigenvalue weighted by molar-refractivity contribution is 0.167. The van der Waals surface area contributed by atoms with Crippen molar-refractivity contribution in [2.75, 3.05) is 0 Å². The van der Waals surface area contributed by atoms with Gasteiger partial charge in [-0.05, 0) is 99.2 Å². The monoisotopic (exact) mass is 712 g/mol. The van der Waals surface area contributed by atoms with Crippen LogP contribution in [-0.4, -0.2) is 85.8 Å². The normalized spacial score (nSPS) is 53.8. The zero-order chi connectivity index (χ0) is 32.9. The molecule has 16 heteroatoms. The molecular weight excluding hydrogens is 657 g/mol. The molecule has 4 aliphatic carbocycles. The van der Waals surface area contributed by atoms with Crippen LogP contribution in [0.3, 0.4) is 0 Å². The van der Waals surface area contributed by atoms with Crippen LogP contribution in [0.2, 0.25) is 0 Å².